The van der Waals surface area contributed by atoms with Gasteiger partial charge in [0.15, 0.2) is 0 Å². The molecular weight excluding hydrogens is 342 g/mol. The van der Waals surface area contributed by atoms with Crippen molar-refractivity contribution in [2.45, 2.75) is 26.3 Å². The normalized spacial score (nSPS) is 11.3. The second-order valence-corrected chi connectivity index (χ2v) is 6.28. The fraction of sp³-hybridized carbons (Fsp3) is 0.294. The number of amides is 1. The zero-order chi connectivity index (χ0) is 15.9. The van der Waals surface area contributed by atoms with Crippen LogP contribution in [0.2, 0.25) is 0 Å². The summed E-state index contributed by atoms with van der Waals surface area (Å²) in [5.74, 6) is 0.419. The lowest BCUT2D eigenvalue weighted by Gasteiger charge is -2.05. The molecule has 5 heteroatoms. The highest BCUT2D eigenvalue weighted by Crippen LogP contribution is 2.15. The van der Waals surface area contributed by atoms with Crippen LogP contribution in [0.5, 0.6) is 0 Å². The van der Waals surface area contributed by atoms with Crippen LogP contribution >= 0.6 is 15.9 Å². The number of benzene rings is 1. The zero-order valence-corrected chi connectivity index (χ0v) is 14.4. The first-order chi connectivity index (χ1) is 10.5. The van der Waals surface area contributed by atoms with E-state index in [9.17, 15) is 4.79 Å². The lowest BCUT2D eigenvalue weighted by molar-refractivity contribution is -0.116. The molecule has 22 heavy (non-hydrogen) atoms. The maximum absolute atomic E-state index is 11.8. The second-order valence-electron chi connectivity index (χ2n) is 5.37. The summed E-state index contributed by atoms with van der Waals surface area (Å²) in [4.78, 5) is 11.8. The van der Waals surface area contributed by atoms with E-state index in [4.69, 9.17) is 0 Å². The molecule has 2 rings (SSSR count). The van der Waals surface area contributed by atoms with Crippen molar-refractivity contribution in [2.24, 2.45) is 0 Å². The highest BCUT2D eigenvalue weighted by atomic mass is 79.9. The molecule has 0 aliphatic heterocycles. The summed E-state index contributed by atoms with van der Waals surface area (Å²) in [6.07, 6.45) is 6.98. The number of nitrogens with one attached hydrogen (secondary N) is 1. The monoisotopic (exact) mass is 361 g/mol. The first-order valence-corrected chi connectivity index (χ1v) is 8.08. The van der Waals surface area contributed by atoms with Crippen molar-refractivity contribution < 1.29 is 4.79 Å². The molecule has 1 aromatic carbocycles. The quantitative estimate of drug-likeness (QED) is 0.799. The van der Waals surface area contributed by atoms with Gasteiger partial charge in [-0.1, -0.05) is 38.1 Å². The molecule has 0 bridgehead atoms. The summed E-state index contributed by atoms with van der Waals surface area (Å²) < 4.78 is 2.71. The average Bonchev–Trinajstić information content (AvgIpc) is 2.91. The highest BCUT2D eigenvalue weighted by molar-refractivity contribution is 9.10. The first kappa shape index (κ1) is 16.5. The number of aromatic nitrogens is 2. The van der Waals surface area contributed by atoms with Gasteiger partial charge in [0.25, 0.3) is 0 Å². The SMILES string of the molecule is CC(C)c1ccc(/C=C/C(=O)NCCn2cc(Br)cn2)cc1. The molecule has 1 aromatic heterocycles. The molecule has 0 atom stereocenters. The van der Waals surface area contributed by atoms with E-state index < -0.39 is 0 Å². The van der Waals surface area contributed by atoms with E-state index in [1.807, 2.05) is 24.4 Å². The van der Waals surface area contributed by atoms with Gasteiger partial charge in [-0.2, -0.15) is 5.10 Å². The molecule has 0 aliphatic rings. The van der Waals surface area contributed by atoms with Crippen molar-refractivity contribution in [3.8, 4) is 0 Å². The number of hydrogen-bond donors (Lipinski definition) is 1. The predicted molar refractivity (Wildman–Crippen MR) is 92.5 cm³/mol. The van der Waals surface area contributed by atoms with E-state index in [2.05, 4.69) is 52.3 Å². The number of carbonyl (C=O) groups is 1. The van der Waals surface area contributed by atoms with Crippen molar-refractivity contribution >= 4 is 27.9 Å². The Hall–Kier alpha value is -1.88. The molecule has 2 aromatic rings. The Morgan fingerprint density at radius 2 is 2.09 bits per heavy atom. The van der Waals surface area contributed by atoms with E-state index >= 15 is 0 Å². The third-order valence-electron chi connectivity index (χ3n) is 3.27. The van der Waals surface area contributed by atoms with Crippen LogP contribution in [0.25, 0.3) is 6.08 Å². The Bertz CT molecular complexity index is 644. The summed E-state index contributed by atoms with van der Waals surface area (Å²) in [6.45, 7) is 5.52. The van der Waals surface area contributed by atoms with Gasteiger partial charge in [-0.15, -0.1) is 0 Å². The number of nitrogens with zero attached hydrogens (tertiary/aromatic N) is 2. The molecule has 1 amide bonds. The van der Waals surface area contributed by atoms with Gasteiger partial charge >= 0.3 is 0 Å². The van der Waals surface area contributed by atoms with E-state index in [0.29, 0.717) is 19.0 Å². The van der Waals surface area contributed by atoms with E-state index in [0.717, 1.165) is 10.0 Å². The number of halogens is 1. The maximum atomic E-state index is 11.8. The Kier molecular flexibility index (Phi) is 5.95. The van der Waals surface area contributed by atoms with Gasteiger partial charge in [0.2, 0.25) is 5.91 Å². The zero-order valence-electron chi connectivity index (χ0n) is 12.8. The Morgan fingerprint density at radius 3 is 2.68 bits per heavy atom. The van der Waals surface area contributed by atoms with Crippen LogP contribution < -0.4 is 5.32 Å². The summed E-state index contributed by atoms with van der Waals surface area (Å²) >= 11 is 3.34. The molecule has 0 fully saturated rings. The van der Waals surface area contributed by atoms with Crippen LogP contribution in [0.15, 0.2) is 47.2 Å². The van der Waals surface area contributed by atoms with Crippen molar-refractivity contribution in [3.63, 3.8) is 0 Å². The Labute approximate surface area is 139 Å². The van der Waals surface area contributed by atoms with Crippen LogP contribution in [-0.2, 0) is 11.3 Å². The fourth-order valence-electron chi connectivity index (χ4n) is 1.98. The molecule has 1 N–H and O–H groups in total. The molecule has 116 valence electrons. The summed E-state index contributed by atoms with van der Waals surface area (Å²) in [5.41, 5.74) is 2.32. The highest BCUT2D eigenvalue weighted by Gasteiger charge is 1.99. The minimum atomic E-state index is -0.0980. The van der Waals surface area contributed by atoms with E-state index in [1.165, 1.54) is 5.56 Å². The lowest BCUT2D eigenvalue weighted by Crippen LogP contribution is -2.25. The number of rotatable bonds is 6. The minimum Gasteiger partial charge on any atom is -0.351 e. The van der Waals surface area contributed by atoms with Crippen LogP contribution in [0.1, 0.15) is 30.9 Å². The molecule has 0 saturated carbocycles. The fourth-order valence-corrected chi connectivity index (χ4v) is 2.31. The topological polar surface area (TPSA) is 46.9 Å². The Balaban J connectivity index is 1.78. The minimum absolute atomic E-state index is 0.0980. The van der Waals surface area contributed by atoms with E-state index in [1.54, 1.807) is 17.0 Å². The van der Waals surface area contributed by atoms with E-state index in [-0.39, 0.29) is 5.91 Å². The lowest BCUT2D eigenvalue weighted by atomic mass is 10.0. The average molecular weight is 362 g/mol. The molecule has 0 aliphatic carbocycles. The second kappa shape index (κ2) is 7.94. The molecule has 0 radical (unpaired) electrons. The van der Waals surface area contributed by atoms with Gasteiger partial charge in [0, 0.05) is 18.8 Å². The molecule has 0 unspecified atom stereocenters. The van der Waals surface area contributed by atoms with Crippen molar-refractivity contribution in [3.05, 3.63) is 58.3 Å². The van der Waals surface area contributed by atoms with Crippen LogP contribution in [0.4, 0.5) is 0 Å². The third kappa shape index (κ3) is 5.15. The molecular formula is C17H20BrN3O. The molecule has 0 spiro atoms. The number of hydrogen-bond acceptors (Lipinski definition) is 2. The maximum Gasteiger partial charge on any atom is 0.244 e. The smallest absolute Gasteiger partial charge is 0.244 e. The summed E-state index contributed by atoms with van der Waals surface area (Å²) in [7, 11) is 0. The summed E-state index contributed by atoms with van der Waals surface area (Å²) in [5, 5.41) is 6.97. The van der Waals surface area contributed by atoms with Crippen LogP contribution in [-0.4, -0.2) is 22.2 Å². The van der Waals surface area contributed by atoms with Crippen molar-refractivity contribution in [1.82, 2.24) is 15.1 Å². The standard InChI is InChI=1S/C17H20BrN3O/c1-13(2)15-6-3-14(4-7-15)5-8-17(22)19-9-10-21-12-16(18)11-20-21/h3-8,11-13H,9-10H2,1-2H3,(H,19,22)/b8-5+. The van der Waals surface area contributed by atoms with Gasteiger partial charge in [0.05, 0.1) is 17.2 Å². The number of carbonyl (C=O) groups excluding carboxylic acids is 1. The van der Waals surface area contributed by atoms with Crippen LogP contribution in [0.3, 0.4) is 0 Å². The van der Waals surface area contributed by atoms with Gasteiger partial charge in [-0.05, 0) is 39.1 Å². The van der Waals surface area contributed by atoms with Gasteiger partial charge in [0.1, 0.15) is 0 Å². The summed E-state index contributed by atoms with van der Waals surface area (Å²) in [6, 6.07) is 8.25. The Morgan fingerprint density at radius 1 is 1.36 bits per heavy atom. The van der Waals surface area contributed by atoms with Crippen molar-refractivity contribution in [1.29, 1.82) is 0 Å². The largest absolute Gasteiger partial charge is 0.351 e. The van der Waals surface area contributed by atoms with Crippen molar-refractivity contribution in [2.75, 3.05) is 6.54 Å². The predicted octanol–water partition coefficient (Wildman–Crippen LogP) is 3.60. The molecule has 0 saturated heterocycles. The van der Waals surface area contributed by atoms with Gasteiger partial charge in [-0.25, -0.2) is 0 Å². The third-order valence-corrected chi connectivity index (χ3v) is 3.68. The first-order valence-electron chi connectivity index (χ1n) is 7.28. The van der Waals surface area contributed by atoms with Crippen LogP contribution in [0, 0.1) is 0 Å². The molecule has 1 heterocycles. The van der Waals surface area contributed by atoms with Gasteiger partial charge < -0.3 is 5.32 Å². The molecule has 4 nitrogen and oxygen atoms in total. The van der Waals surface area contributed by atoms with Gasteiger partial charge in [-0.3, -0.25) is 9.48 Å².